The van der Waals surface area contributed by atoms with Crippen LogP contribution in [0.25, 0.3) is 0 Å². The molecule has 1 N–H and O–H groups in total. The second kappa shape index (κ2) is 7.29. The first-order chi connectivity index (χ1) is 10.1. The van der Waals surface area contributed by atoms with E-state index in [1.54, 1.807) is 0 Å². The molecule has 2 rings (SSSR count). The molecule has 5 heteroatoms. The van der Waals surface area contributed by atoms with Gasteiger partial charge in [0.25, 0.3) is 0 Å². The van der Waals surface area contributed by atoms with E-state index in [1.165, 1.54) is 0 Å². The Labute approximate surface area is 126 Å². The quantitative estimate of drug-likeness (QED) is 0.847. The van der Waals surface area contributed by atoms with Crippen LogP contribution < -0.4 is 10.1 Å². The normalized spacial score (nSPS) is 20.3. The van der Waals surface area contributed by atoms with E-state index in [2.05, 4.69) is 17.2 Å². The van der Waals surface area contributed by atoms with Gasteiger partial charge in [0.15, 0.2) is 0 Å². The molecule has 0 unspecified atom stereocenters. The molecule has 1 aliphatic heterocycles. The molecule has 2 atom stereocenters. The van der Waals surface area contributed by atoms with Crippen LogP contribution in [0.1, 0.15) is 50.4 Å². The van der Waals surface area contributed by atoms with Gasteiger partial charge < -0.3 is 14.8 Å². The summed E-state index contributed by atoms with van der Waals surface area (Å²) in [5, 5.41) is 2.84. The van der Waals surface area contributed by atoms with Crippen LogP contribution in [0.2, 0.25) is 0 Å². The SMILES string of the molecule is CCCCOC(=O)NC[C@H]1C[C@@H](C)Oc2ccc(C)nc21. The van der Waals surface area contributed by atoms with E-state index < -0.39 is 0 Å². The molecule has 0 bridgehead atoms. The molecule has 0 spiro atoms. The van der Waals surface area contributed by atoms with Crippen molar-refractivity contribution in [2.24, 2.45) is 0 Å². The second-order valence-corrected chi connectivity index (χ2v) is 5.57. The first-order valence-electron chi connectivity index (χ1n) is 7.65. The predicted molar refractivity (Wildman–Crippen MR) is 80.7 cm³/mol. The minimum atomic E-state index is -0.350. The number of ether oxygens (including phenoxy) is 2. The van der Waals surface area contributed by atoms with Gasteiger partial charge in [-0.25, -0.2) is 4.79 Å². The molecule has 0 aromatic carbocycles. The summed E-state index contributed by atoms with van der Waals surface area (Å²) in [6.07, 6.45) is 2.53. The third-order valence-electron chi connectivity index (χ3n) is 3.58. The molecule has 0 fully saturated rings. The first-order valence-corrected chi connectivity index (χ1v) is 7.65. The average Bonchev–Trinajstić information content (AvgIpc) is 2.45. The number of aromatic nitrogens is 1. The number of carbonyl (C=O) groups excluding carboxylic acids is 1. The summed E-state index contributed by atoms with van der Waals surface area (Å²) in [4.78, 5) is 16.2. The Kier molecular flexibility index (Phi) is 5.42. The Balaban J connectivity index is 1.94. The van der Waals surface area contributed by atoms with Crippen molar-refractivity contribution in [1.29, 1.82) is 0 Å². The van der Waals surface area contributed by atoms with Crippen LogP contribution in [0, 0.1) is 6.92 Å². The first kappa shape index (κ1) is 15.6. The van der Waals surface area contributed by atoms with E-state index in [4.69, 9.17) is 9.47 Å². The van der Waals surface area contributed by atoms with Gasteiger partial charge in [0, 0.05) is 18.2 Å². The van der Waals surface area contributed by atoms with Gasteiger partial charge in [-0.15, -0.1) is 0 Å². The third-order valence-corrected chi connectivity index (χ3v) is 3.58. The molecular weight excluding hydrogens is 268 g/mol. The van der Waals surface area contributed by atoms with Crippen molar-refractivity contribution in [3.8, 4) is 5.75 Å². The fraction of sp³-hybridized carbons (Fsp3) is 0.625. The standard InChI is InChI=1S/C16H24N2O3/c1-4-5-8-20-16(19)17-10-13-9-12(3)21-14-7-6-11(2)18-15(13)14/h6-7,12-13H,4-5,8-10H2,1-3H3,(H,17,19)/t12-,13-/m1/s1. The molecule has 0 saturated carbocycles. The lowest BCUT2D eigenvalue weighted by atomic mass is 9.94. The molecule has 116 valence electrons. The zero-order chi connectivity index (χ0) is 15.2. The second-order valence-electron chi connectivity index (χ2n) is 5.57. The van der Waals surface area contributed by atoms with Crippen LogP contribution in [-0.2, 0) is 4.74 Å². The zero-order valence-corrected chi connectivity index (χ0v) is 13.0. The summed E-state index contributed by atoms with van der Waals surface area (Å²) in [6.45, 7) is 7.06. The van der Waals surface area contributed by atoms with Crippen LogP contribution in [0.15, 0.2) is 12.1 Å². The maximum Gasteiger partial charge on any atom is 0.407 e. The van der Waals surface area contributed by atoms with Crippen molar-refractivity contribution in [2.45, 2.75) is 52.1 Å². The number of rotatable bonds is 5. The number of alkyl carbamates (subject to hydrolysis) is 1. The average molecular weight is 292 g/mol. The molecule has 0 saturated heterocycles. The predicted octanol–water partition coefficient (Wildman–Crippen LogP) is 3.17. The van der Waals surface area contributed by atoms with Gasteiger partial charge in [-0.3, -0.25) is 4.98 Å². The molecule has 0 radical (unpaired) electrons. The maximum absolute atomic E-state index is 11.6. The van der Waals surface area contributed by atoms with Crippen LogP contribution >= 0.6 is 0 Å². The van der Waals surface area contributed by atoms with E-state index >= 15 is 0 Å². The zero-order valence-electron chi connectivity index (χ0n) is 13.0. The molecule has 21 heavy (non-hydrogen) atoms. The van der Waals surface area contributed by atoms with Crippen molar-refractivity contribution in [2.75, 3.05) is 13.2 Å². The topological polar surface area (TPSA) is 60.5 Å². The van der Waals surface area contributed by atoms with Gasteiger partial charge in [-0.1, -0.05) is 13.3 Å². The highest BCUT2D eigenvalue weighted by atomic mass is 16.5. The fourth-order valence-electron chi connectivity index (χ4n) is 2.48. The molecule has 0 aliphatic carbocycles. The summed E-state index contributed by atoms with van der Waals surface area (Å²) < 4.78 is 10.9. The molecule has 1 aliphatic rings. The number of pyridine rings is 1. The van der Waals surface area contributed by atoms with Crippen molar-refractivity contribution in [3.63, 3.8) is 0 Å². The number of nitrogens with zero attached hydrogens (tertiary/aromatic N) is 1. The van der Waals surface area contributed by atoms with Crippen molar-refractivity contribution < 1.29 is 14.3 Å². The summed E-state index contributed by atoms with van der Waals surface area (Å²) >= 11 is 0. The molecule has 1 amide bonds. The highest BCUT2D eigenvalue weighted by Crippen LogP contribution is 2.34. The highest BCUT2D eigenvalue weighted by Gasteiger charge is 2.27. The van der Waals surface area contributed by atoms with Crippen molar-refractivity contribution >= 4 is 6.09 Å². The highest BCUT2D eigenvalue weighted by molar-refractivity contribution is 5.67. The molecular formula is C16H24N2O3. The molecule has 2 heterocycles. The Hall–Kier alpha value is -1.78. The van der Waals surface area contributed by atoms with Crippen LogP contribution in [0.5, 0.6) is 5.75 Å². The number of hydrogen-bond donors (Lipinski definition) is 1. The number of nitrogens with one attached hydrogen (secondary N) is 1. The lowest BCUT2D eigenvalue weighted by molar-refractivity contribution is 0.139. The Morgan fingerprint density at radius 2 is 2.33 bits per heavy atom. The third kappa shape index (κ3) is 4.34. The van der Waals surface area contributed by atoms with Crippen LogP contribution in [-0.4, -0.2) is 30.3 Å². The van der Waals surface area contributed by atoms with Gasteiger partial charge in [-0.2, -0.15) is 0 Å². The van der Waals surface area contributed by atoms with Gasteiger partial charge in [0.1, 0.15) is 5.75 Å². The number of hydrogen-bond acceptors (Lipinski definition) is 4. The fourth-order valence-corrected chi connectivity index (χ4v) is 2.48. The van der Waals surface area contributed by atoms with Gasteiger partial charge in [0.05, 0.1) is 18.4 Å². The Bertz CT molecular complexity index is 490. The number of carbonyl (C=O) groups is 1. The van der Waals surface area contributed by atoms with Gasteiger partial charge in [0.2, 0.25) is 0 Å². The lowest BCUT2D eigenvalue weighted by Gasteiger charge is -2.29. The molecule has 1 aromatic heterocycles. The lowest BCUT2D eigenvalue weighted by Crippen LogP contribution is -2.34. The Morgan fingerprint density at radius 1 is 1.52 bits per heavy atom. The summed E-state index contributed by atoms with van der Waals surface area (Å²) in [5.74, 6) is 0.993. The van der Waals surface area contributed by atoms with Crippen LogP contribution in [0.4, 0.5) is 4.79 Å². The summed E-state index contributed by atoms with van der Waals surface area (Å²) in [5.41, 5.74) is 1.89. The minimum Gasteiger partial charge on any atom is -0.489 e. The van der Waals surface area contributed by atoms with Crippen molar-refractivity contribution in [1.82, 2.24) is 10.3 Å². The van der Waals surface area contributed by atoms with E-state index in [0.717, 1.165) is 36.4 Å². The summed E-state index contributed by atoms with van der Waals surface area (Å²) in [6, 6.07) is 3.90. The minimum absolute atomic E-state index is 0.130. The number of fused-ring (bicyclic) bond motifs is 1. The van der Waals surface area contributed by atoms with E-state index in [1.807, 2.05) is 26.0 Å². The largest absolute Gasteiger partial charge is 0.489 e. The van der Waals surface area contributed by atoms with Gasteiger partial charge >= 0.3 is 6.09 Å². The number of unbranched alkanes of at least 4 members (excludes halogenated alkanes) is 1. The number of aryl methyl sites for hydroxylation is 1. The van der Waals surface area contributed by atoms with E-state index in [-0.39, 0.29) is 18.1 Å². The molecule has 5 nitrogen and oxygen atoms in total. The maximum atomic E-state index is 11.6. The monoisotopic (exact) mass is 292 g/mol. The molecule has 1 aromatic rings. The Morgan fingerprint density at radius 3 is 3.10 bits per heavy atom. The smallest absolute Gasteiger partial charge is 0.407 e. The van der Waals surface area contributed by atoms with Crippen LogP contribution in [0.3, 0.4) is 0 Å². The van der Waals surface area contributed by atoms with Gasteiger partial charge in [-0.05, 0) is 38.8 Å². The number of amides is 1. The van der Waals surface area contributed by atoms with E-state index in [0.29, 0.717) is 13.2 Å². The van der Waals surface area contributed by atoms with E-state index in [9.17, 15) is 4.79 Å². The summed E-state index contributed by atoms with van der Waals surface area (Å²) in [7, 11) is 0. The van der Waals surface area contributed by atoms with Crippen molar-refractivity contribution in [3.05, 3.63) is 23.5 Å².